The van der Waals surface area contributed by atoms with E-state index < -0.39 is 0 Å². The summed E-state index contributed by atoms with van der Waals surface area (Å²) in [6.07, 6.45) is 1.46. The maximum absolute atomic E-state index is 9.29. The van der Waals surface area contributed by atoms with Crippen LogP contribution in [0.15, 0.2) is 30.3 Å². The van der Waals surface area contributed by atoms with Crippen LogP contribution in [0.25, 0.3) is 11.1 Å². The zero-order valence-corrected chi connectivity index (χ0v) is 15.7. The number of nitriles is 1. The van der Waals surface area contributed by atoms with Crippen molar-refractivity contribution in [1.29, 1.82) is 5.26 Å². The lowest BCUT2D eigenvalue weighted by atomic mass is 9.82. The zero-order valence-electron chi connectivity index (χ0n) is 15.7. The number of nitrogens with zero attached hydrogens (tertiary/aromatic N) is 1. The van der Waals surface area contributed by atoms with Gasteiger partial charge in [-0.05, 0) is 56.2 Å². The minimum absolute atomic E-state index is 0.102. The maximum Gasteiger partial charge on any atom is 0.0669 e. The van der Waals surface area contributed by atoms with E-state index in [-0.39, 0.29) is 10.8 Å². The second-order valence-corrected chi connectivity index (χ2v) is 9.05. The predicted molar refractivity (Wildman–Crippen MR) is 101 cm³/mol. The van der Waals surface area contributed by atoms with Gasteiger partial charge >= 0.3 is 0 Å². The molecule has 0 bridgehead atoms. The molecule has 0 N–H and O–H groups in total. The minimum Gasteiger partial charge on any atom is -0.198 e. The van der Waals surface area contributed by atoms with E-state index in [1.54, 1.807) is 0 Å². The lowest BCUT2D eigenvalue weighted by molar-refractivity contribution is 0.589. The summed E-state index contributed by atoms with van der Waals surface area (Å²) in [7, 11) is 0. The van der Waals surface area contributed by atoms with E-state index in [2.05, 4.69) is 77.9 Å². The fourth-order valence-electron chi connectivity index (χ4n) is 3.57. The first-order valence-corrected chi connectivity index (χ1v) is 8.78. The Kier molecular flexibility index (Phi) is 3.83. The van der Waals surface area contributed by atoms with Crippen molar-refractivity contribution in [3.8, 4) is 17.2 Å². The Morgan fingerprint density at radius 3 is 2.08 bits per heavy atom. The third-order valence-corrected chi connectivity index (χ3v) is 5.06. The number of hydrogen-bond donors (Lipinski definition) is 0. The van der Waals surface area contributed by atoms with Gasteiger partial charge in [-0.1, -0.05) is 71.9 Å². The molecule has 1 nitrogen and oxygen atoms in total. The summed E-state index contributed by atoms with van der Waals surface area (Å²) in [6, 6.07) is 13.8. The highest BCUT2D eigenvalue weighted by Crippen LogP contribution is 2.43. The van der Waals surface area contributed by atoms with Crippen molar-refractivity contribution in [2.24, 2.45) is 0 Å². The van der Waals surface area contributed by atoms with Crippen LogP contribution in [0.4, 0.5) is 0 Å². The van der Waals surface area contributed by atoms with Gasteiger partial charge in [0.15, 0.2) is 0 Å². The summed E-state index contributed by atoms with van der Waals surface area (Å²) in [5, 5.41) is 9.29. The smallest absolute Gasteiger partial charge is 0.0669 e. The van der Waals surface area contributed by atoms with Gasteiger partial charge in [-0.3, -0.25) is 0 Å². The summed E-state index contributed by atoms with van der Waals surface area (Å²) in [4.78, 5) is 0. The van der Waals surface area contributed by atoms with E-state index in [9.17, 15) is 5.26 Å². The molecule has 0 heterocycles. The molecule has 0 radical (unpaired) electrons. The summed E-state index contributed by atoms with van der Waals surface area (Å²) in [5.74, 6) is 0. The highest BCUT2D eigenvalue weighted by atomic mass is 14.3. The van der Waals surface area contributed by atoms with Gasteiger partial charge in [-0.2, -0.15) is 5.26 Å². The van der Waals surface area contributed by atoms with Gasteiger partial charge in [0.05, 0.1) is 12.5 Å². The van der Waals surface area contributed by atoms with Gasteiger partial charge in [0.2, 0.25) is 0 Å². The maximum atomic E-state index is 9.29. The highest BCUT2D eigenvalue weighted by Gasteiger charge is 2.26. The first kappa shape index (κ1) is 16.8. The Morgan fingerprint density at radius 1 is 0.875 bits per heavy atom. The molecule has 124 valence electrons. The molecule has 1 heteroatoms. The Labute approximate surface area is 146 Å². The van der Waals surface area contributed by atoms with Crippen molar-refractivity contribution in [3.05, 3.63) is 58.1 Å². The monoisotopic (exact) mass is 317 g/mol. The van der Waals surface area contributed by atoms with E-state index in [1.165, 1.54) is 38.9 Å². The van der Waals surface area contributed by atoms with Crippen LogP contribution in [0, 0.1) is 11.3 Å². The molecule has 2 aromatic carbocycles. The Bertz CT molecular complexity index is 836. The topological polar surface area (TPSA) is 23.8 Å². The molecule has 2 aromatic rings. The zero-order chi connectivity index (χ0) is 17.7. The number of fused-ring (bicyclic) bond motifs is 3. The molecule has 0 spiro atoms. The van der Waals surface area contributed by atoms with Gasteiger partial charge in [0.1, 0.15) is 0 Å². The summed E-state index contributed by atoms with van der Waals surface area (Å²) in [5.41, 5.74) is 9.57. The molecule has 0 aliphatic heterocycles. The SMILES string of the molecule is CC(C)(C)c1ccc2c(c1)Cc1cc(C(C)(C)C)cc(CC#N)c1-2. The van der Waals surface area contributed by atoms with Crippen LogP contribution < -0.4 is 0 Å². The number of hydrogen-bond acceptors (Lipinski definition) is 1. The van der Waals surface area contributed by atoms with Crippen molar-refractivity contribution >= 4 is 0 Å². The van der Waals surface area contributed by atoms with Gasteiger partial charge < -0.3 is 0 Å². The summed E-state index contributed by atoms with van der Waals surface area (Å²) < 4.78 is 0. The van der Waals surface area contributed by atoms with Crippen LogP contribution in [0.2, 0.25) is 0 Å². The summed E-state index contributed by atoms with van der Waals surface area (Å²) in [6.45, 7) is 13.5. The second kappa shape index (κ2) is 5.49. The molecular formula is C23H27N. The molecule has 0 fully saturated rings. The molecule has 1 aliphatic rings. The van der Waals surface area contributed by atoms with Crippen molar-refractivity contribution in [2.45, 2.75) is 65.2 Å². The van der Waals surface area contributed by atoms with Gasteiger partial charge in [-0.25, -0.2) is 0 Å². The van der Waals surface area contributed by atoms with Crippen molar-refractivity contribution in [2.75, 3.05) is 0 Å². The van der Waals surface area contributed by atoms with Crippen LogP contribution in [0.1, 0.15) is 69.4 Å². The van der Waals surface area contributed by atoms with Crippen molar-refractivity contribution < 1.29 is 0 Å². The van der Waals surface area contributed by atoms with E-state index in [4.69, 9.17) is 0 Å². The number of benzene rings is 2. The molecule has 0 amide bonds. The van der Waals surface area contributed by atoms with Gasteiger partial charge in [0, 0.05) is 0 Å². The average molecular weight is 317 g/mol. The third kappa shape index (κ3) is 2.86. The lowest BCUT2D eigenvalue weighted by Crippen LogP contribution is -2.12. The Hall–Kier alpha value is -2.07. The molecule has 0 saturated carbocycles. The van der Waals surface area contributed by atoms with Crippen molar-refractivity contribution in [1.82, 2.24) is 0 Å². The largest absolute Gasteiger partial charge is 0.198 e. The van der Waals surface area contributed by atoms with Crippen LogP contribution >= 0.6 is 0 Å². The van der Waals surface area contributed by atoms with Gasteiger partial charge in [0.25, 0.3) is 0 Å². The van der Waals surface area contributed by atoms with Crippen LogP contribution in [0.5, 0.6) is 0 Å². The second-order valence-electron chi connectivity index (χ2n) is 9.05. The standard InChI is InChI=1S/C23H27N/c1-22(2,3)18-7-8-20-16(13-18)11-17-14-19(23(4,5)6)12-15(9-10-24)21(17)20/h7-8,12-14H,9,11H2,1-6H3. The first-order chi connectivity index (χ1) is 11.1. The third-order valence-electron chi connectivity index (χ3n) is 5.06. The van der Waals surface area contributed by atoms with Crippen LogP contribution in [-0.2, 0) is 23.7 Å². The Balaban J connectivity index is 2.18. The average Bonchev–Trinajstić information content (AvgIpc) is 2.83. The van der Waals surface area contributed by atoms with Gasteiger partial charge in [-0.15, -0.1) is 0 Å². The molecule has 0 unspecified atom stereocenters. The lowest BCUT2D eigenvalue weighted by Gasteiger charge is -2.22. The molecule has 1 aliphatic carbocycles. The quantitative estimate of drug-likeness (QED) is 0.546. The molecule has 0 atom stereocenters. The highest BCUT2D eigenvalue weighted by molar-refractivity contribution is 5.80. The first-order valence-electron chi connectivity index (χ1n) is 8.78. The van der Waals surface area contributed by atoms with E-state index in [0.717, 1.165) is 6.42 Å². The number of rotatable bonds is 1. The molecular weight excluding hydrogens is 290 g/mol. The fourth-order valence-corrected chi connectivity index (χ4v) is 3.57. The molecule has 0 aromatic heterocycles. The summed E-state index contributed by atoms with van der Waals surface area (Å²) >= 11 is 0. The molecule has 24 heavy (non-hydrogen) atoms. The molecule has 3 rings (SSSR count). The van der Waals surface area contributed by atoms with Crippen LogP contribution in [-0.4, -0.2) is 0 Å². The van der Waals surface area contributed by atoms with Crippen LogP contribution in [0.3, 0.4) is 0 Å². The van der Waals surface area contributed by atoms with Crippen molar-refractivity contribution in [3.63, 3.8) is 0 Å². The minimum atomic E-state index is 0.102. The Morgan fingerprint density at radius 2 is 1.50 bits per heavy atom. The van der Waals surface area contributed by atoms with E-state index in [0.29, 0.717) is 6.42 Å². The normalized spacial score (nSPS) is 13.4. The van der Waals surface area contributed by atoms with E-state index >= 15 is 0 Å². The fraction of sp³-hybridized carbons (Fsp3) is 0.435. The van der Waals surface area contributed by atoms with E-state index in [1.807, 2.05) is 0 Å². The predicted octanol–water partition coefficient (Wildman–Crippen LogP) is 5.92. The molecule has 0 saturated heterocycles.